The normalized spacial score (nSPS) is 13.6. The fourth-order valence-electron chi connectivity index (χ4n) is 4.24. The lowest BCUT2D eigenvalue weighted by Crippen LogP contribution is -2.49. The molecule has 2 heterocycles. The summed E-state index contributed by atoms with van der Waals surface area (Å²) in [4.78, 5) is 17.2. The lowest BCUT2D eigenvalue weighted by molar-refractivity contribution is 0.0746. The van der Waals surface area contributed by atoms with Crippen LogP contribution in [0.15, 0.2) is 48.5 Å². The Morgan fingerprint density at radius 3 is 2.24 bits per heavy atom. The van der Waals surface area contributed by atoms with Crippen LogP contribution in [-0.4, -0.2) is 60.4 Å². The Balaban J connectivity index is 1.40. The van der Waals surface area contributed by atoms with Gasteiger partial charge in [0.2, 0.25) is 0 Å². The molecule has 0 aliphatic carbocycles. The summed E-state index contributed by atoms with van der Waals surface area (Å²) in [5.74, 6) is 2.10. The minimum Gasteiger partial charge on any atom is -0.490 e. The Morgan fingerprint density at radius 1 is 0.853 bits per heavy atom. The van der Waals surface area contributed by atoms with Crippen molar-refractivity contribution in [1.29, 1.82) is 0 Å². The van der Waals surface area contributed by atoms with E-state index in [9.17, 15) is 4.79 Å². The van der Waals surface area contributed by atoms with E-state index in [0.29, 0.717) is 56.5 Å². The molecule has 1 aliphatic rings. The predicted molar refractivity (Wildman–Crippen MR) is 134 cm³/mol. The summed E-state index contributed by atoms with van der Waals surface area (Å²) in [7, 11) is 0. The Morgan fingerprint density at radius 2 is 1.59 bits per heavy atom. The van der Waals surface area contributed by atoms with Crippen LogP contribution in [0, 0.1) is 13.8 Å². The third kappa shape index (κ3) is 5.14. The third-order valence-electron chi connectivity index (χ3n) is 5.99. The number of anilines is 1. The molecule has 0 saturated carbocycles. The van der Waals surface area contributed by atoms with E-state index in [1.807, 2.05) is 36.9 Å². The molecule has 7 heteroatoms. The van der Waals surface area contributed by atoms with Crippen molar-refractivity contribution in [2.75, 3.05) is 44.3 Å². The molecule has 2 aromatic carbocycles. The molecule has 1 aromatic heterocycles. The van der Waals surface area contributed by atoms with E-state index in [0.717, 1.165) is 17.1 Å². The second-order valence-corrected chi connectivity index (χ2v) is 8.40. The van der Waals surface area contributed by atoms with Gasteiger partial charge in [-0.2, -0.15) is 0 Å². The van der Waals surface area contributed by atoms with Crippen molar-refractivity contribution in [3.8, 4) is 22.8 Å². The van der Waals surface area contributed by atoms with Crippen LogP contribution in [0.25, 0.3) is 11.3 Å². The fourth-order valence-corrected chi connectivity index (χ4v) is 4.24. The van der Waals surface area contributed by atoms with Crippen LogP contribution >= 0.6 is 0 Å². The lowest BCUT2D eigenvalue weighted by atomic mass is 10.0. The van der Waals surface area contributed by atoms with Crippen molar-refractivity contribution in [1.82, 2.24) is 15.1 Å². The van der Waals surface area contributed by atoms with Crippen LogP contribution in [0.5, 0.6) is 11.5 Å². The maximum Gasteiger partial charge on any atom is 0.254 e. The number of carbonyl (C=O) groups is 1. The van der Waals surface area contributed by atoms with Gasteiger partial charge in [-0.3, -0.25) is 4.79 Å². The molecule has 0 atom stereocenters. The van der Waals surface area contributed by atoms with E-state index >= 15 is 0 Å². The van der Waals surface area contributed by atoms with Gasteiger partial charge in [0.05, 0.1) is 18.9 Å². The molecule has 1 aliphatic heterocycles. The van der Waals surface area contributed by atoms with Crippen molar-refractivity contribution in [3.63, 3.8) is 0 Å². The van der Waals surface area contributed by atoms with E-state index in [1.165, 1.54) is 11.1 Å². The number of hydrogen-bond donors (Lipinski definition) is 0. The van der Waals surface area contributed by atoms with Gasteiger partial charge in [0, 0.05) is 37.3 Å². The van der Waals surface area contributed by atoms with Crippen molar-refractivity contribution < 1.29 is 14.3 Å². The average Bonchev–Trinajstić information content (AvgIpc) is 2.85. The lowest BCUT2D eigenvalue weighted by Gasteiger charge is -2.35. The van der Waals surface area contributed by atoms with Gasteiger partial charge in [-0.15, -0.1) is 10.2 Å². The number of nitrogens with zero attached hydrogens (tertiary/aromatic N) is 4. The molecule has 0 bridgehead atoms. The van der Waals surface area contributed by atoms with E-state index in [2.05, 4.69) is 47.1 Å². The zero-order valence-corrected chi connectivity index (χ0v) is 20.4. The molecule has 0 spiro atoms. The average molecular weight is 461 g/mol. The van der Waals surface area contributed by atoms with E-state index in [-0.39, 0.29) is 5.91 Å². The minimum absolute atomic E-state index is 0.0000649. The largest absolute Gasteiger partial charge is 0.490 e. The van der Waals surface area contributed by atoms with Crippen LogP contribution in [0.2, 0.25) is 0 Å². The first-order valence-corrected chi connectivity index (χ1v) is 11.9. The Labute approximate surface area is 201 Å². The maximum atomic E-state index is 13.1. The Bertz CT molecular complexity index is 1140. The molecular formula is C27H32N4O3. The molecule has 4 rings (SSSR count). The van der Waals surface area contributed by atoms with Crippen LogP contribution < -0.4 is 14.4 Å². The smallest absolute Gasteiger partial charge is 0.254 e. The number of piperazine rings is 1. The number of benzene rings is 2. The minimum atomic E-state index is -0.0000649. The van der Waals surface area contributed by atoms with E-state index in [4.69, 9.17) is 9.47 Å². The highest BCUT2D eigenvalue weighted by Gasteiger charge is 2.24. The number of aryl methyl sites for hydroxylation is 2. The summed E-state index contributed by atoms with van der Waals surface area (Å²) >= 11 is 0. The number of carbonyl (C=O) groups excluding carboxylic acids is 1. The highest BCUT2D eigenvalue weighted by molar-refractivity contribution is 5.95. The van der Waals surface area contributed by atoms with Crippen LogP contribution in [-0.2, 0) is 0 Å². The zero-order valence-electron chi connectivity index (χ0n) is 20.4. The van der Waals surface area contributed by atoms with Gasteiger partial charge >= 0.3 is 0 Å². The van der Waals surface area contributed by atoms with Gasteiger partial charge in [-0.25, -0.2) is 0 Å². The molecule has 1 saturated heterocycles. The highest BCUT2D eigenvalue weighted by Crippen LogP contribution is 2.29. The first kappa shape index (κ1) is 23.5. The number of ether oxygens (including phenoxy) is 2. The molecule has 7 nitrogen and oxygen atoms in total. The number of amides is 1. The van der Waals surface area contributed by atoms with Gasteiger partial charge in [-0.05, 0) is 63.6 Å². The SMILES string of the molecule is CCOc1ccc(C(=O)N2CCN(c3ccc(-c4ccc(C)cc4C)nn3)CC2)cc1OCC. The zero-order chi connectivity index (χ0) is 24.1. The monoisotopic (exact) mass is 460 g/mol. The molecule has 1 amide bonds. The highest BCUT2D eigenvalue weighted by atomic mass is 16.5. The first-order valence-electron chi connectivity index (χ1n) is 11.9. The van der Waals surface area contributed by atoms with Gasteiger partial charge in [0.1, 0.15) is 0 Å². The second-order valence-electron chi connectivity index (χ2n) is 8.40. The second kappa shape index (κ2) is 10.5. The van der Waals surface area contributed by atoms with Crippen LogP contribution in [0.4, 0.5) is 5.82 Å². The summed E-state index contributed by atoms with van der Waals surface area (Å²) in [6, 6.07) is 15.8. The quantitative estimate of drug-likeness (QED) is 0.516. The van der Waals surface area contributed by atoms with E-state index in [1.54, 1.807) is 12.1 Å². The molecule has 1 fully saturated rings. The standard InChI is InChI=1S/C27H32N4O3/c1-5-33-24-11-8-21(18-25(24)34-6-2)27(32)31-15-13-30(14-16-31)26-12-10-23(28-29-26)22-9-7-19(3)17-20(22)4/h7-12,17-18H,5-6,13-16H2,1-4H3. The molecule has 0 unspecified atom stereocenters. The molecule has 34 heavy (non-hydrogen) atoms. The topological polar surface area (TPSA) is 67.8 Å². The summed E-state index contributed by atoms with van der Waals surface area (Å²) < 4.78 is 11.3. The van der Waals surface area contributed by atoms with Crippen molar-refractivity contribution in [3.05, 3.63) is 65.2 Å². The molecule has 178 valence electrons. The maximum absolute atomic E-state index is 13.1. The summed E-state index contributed by atoms with van der Waals surface area (Å²) in [5, 5.41) is 8.94. The molecule has 0 radical (unpaired) electrons. The molecule has 3 aromatic rings. The van der Waals surface area contributed by atoms with Crippen molar-refractivity contribution in [2.45, 2.75) is 27.7 Å². The number of rotatable bonds is 7. The Kier molecular flexibility index (Phi) is 7.30. The van der Waals surface area contributed by atoms with Gasteiger partial charge in [-0.1, -0.05) is 23.8 Å². The van der Waals surface area contributed by atoms with E-state index < -0.39 is 0 Å². The van der Waals surface area contributed by atoms with Gasteiger partial charge in [0.25, 0.3) is 5.91 Å². The summed E-state index contributed by atoms with van der Waals surface area (Å²) in [6.45, 7) is 11.7. The van der Waals surface area contributed by atoms with Crippen molar-refractivity contribution in [2.24, 2.45) is 0 Å². The van der Waals surface area contributed by atoms with Crippen molar-refractivity contribution >= 4 is 11.7 Å². The Hall–Kier alpha value is -3.61. The fraction of sp³-hybridized carbons (Fsp3) is 0.370. The van der Waals surface area contributed by atoms with Crippen LogP contribution in [0.3, 0.4) is 0 Å². The molecule has 0 N–H and O–H groups in total. The first-order chi connectivity index (χ1) is 16.5. The number of aromatic nitrogens is 2. The molecular weight excluding hydrogens is 428 g/mol. The third-order valence-corrected chi connectivity index (χ3v) is 5.99. The number of hydrogen-bond acceptors (Lipinski definition) is 6. The summed E-state index contributed by atoms with van der Waals surface area (Å²) in [5.41, 5.74) is 5.00. The van der Waals surface area contributed by atoms with Gasteiger partial charge < -0.3 is 19.3 Å². The van der Waals surface area contributed by atoms with Crippen LogP contribution in [0.1, 0.15) is 35.3 Å². The predicted octanol–water partition coefficient (Wildman–Crippen LogP) is 4.52. The van der Waals surface area contributed by atoms with Gasteiger partial charge in [0.15, 0.2) is 17.3 Å². The summed E-state index contributed by atoms with van der Waals surface area (Å²) in [6.07, 6.45) is 0.